The second-order valence-corrected chi connectivity index (χ2v) is 3.54. The lowest BCUT2D eigenvalue weighted by atomic mass is 10.0. The number of carbonyl (C=O) groups excluding carboxylic acids is 1. The van der Waals surface area contributed by atoms with Gasteiger partial charge in [0, 0.05) is 0 Å². The van der Waals surface area contributed by atoms with Gasteiger partial charge in [-0.25, -0.2) is 8.78 Å². The standard InChI is InChI=1S/C11H9F2N3O4/c1-2-20-8(17)3-7-9(10(12)13)6(4-14)5-15-11(7)16(18)19/h5,10H,2-3H2,1H3. The molecule has 1 rings (SSSR count). The predicted molar refractivity (Wildman–Crippen MR) is 60.9 cm³/mol. The molecule has 0 radical (unpaired) electrons. The minimum Gasteiger partial charge on any atom is -0.466 e. The van der Waals surface area contributed by atoms with Crippen LogP contribution in [-0.2, 0) is 16.0 Å². The average Bonchev–Trinajstić information content (AvgIpc) is 2.37. The first-order chi connectivity index (χ1) is 9.42. The molecule has 106 valence electrons. The van der Waals surface area contributed by atoms with E-state index in [-0.39, 0.29) is 6.61 Å². The normalized spacial score (nSPS) is 10.2. The molecular formula is C11H9F2N3O4. The van der Waals surface area contributed by atoms with E-state index in [0.29, 0.717) is 6.20 Å². The van der Waals surface area contributed by atoms with Crippen molar-refractivity contribution >= 4 is 11.8 Å². The van der Waals surface area contributed by atoms with Crippen LogP contribution in [0.3, 0.4) is 0 Å². The summed E-state index contributed by atoms with van der Waals surface area (Å²) in [6.07, 6.45) is -3.20. The summed E-state index contributed by atoms with van der Waals surface area (Å²) < 4.78 is 30.6. The van der Waals surface area contributed by atoms with Crippen molar-refractivity contribution in [3.63, 3.8) is 0 Å². The number of rotatable bonds is 5. The number of nitriles is 1. The SMILES string of the molecule is CCOC(=O)Cc1c([N+](=O)[O-])ncc(C#N)c1C(F)F. The number of hydrogen-bond acceptors (Lipinski definition) is 6. The number of carbonyl (C=O) groups is 1. The quantitative estimate of drug-likeness (QED) is 0.464. The molecule has 0 fully saturated rings. The van der Waals surface area contributed by atoms with Crippen LogP contribution in [0.2, 0.25) is 0 Å². The number of ether oxygens (including phenoxy) is 1. The second kappa shape index (κ2) is 6.51. The van der Waals surface area contributed by atoms with Crippen LogP contribution in [-0.4, -0.2) is 22.5 Å². The average molecular weight is 285 g/mol. The molecule has 0 aliphatic heterocycles. The van der Waals surface area contributed by atoms with E-state index >= 15 is 0 Å². The van der Waals surface area contributed by atoms with Crippen molar-refractivity contribution in [1.82, 2.24) is 4.98 Å². The maximum Gasteiger partial charge on any atom is 0.367 e. The molecule has 0 N–H and O–H groups in total. The van der Waals surface area contributed by atoms with E-state index in [1.807, 2.05) is 0 Å². The highest BCUT2D eigenvalue weighted by atomic mass is 19.3. The molecule has 7 nitrogen and oxygen atoms in total. The minimum atomic E-state index is -3.14. The number of nitrogens with zero attached hydrogens (tertiary/aromatic N) is 3. The monoisotopic (exact) mass is 285 g/mol. The summed E-state index contributed by atoms with van der Waals surface area (Å²) in [5, 5.41) is 19.5. The Bertz CT molecular complexity index is 584. The lowest BCUT2D eigenvalue weighted by molar-refractivity contribution is -0.390. The zero-order chi connectivity index (χ0) is 15.3. The Morgan fingerprint density at radius 2 is 2.30 bits per heavy atom. The Labute approximate surface area is 111 Å². The van der Waals surface area contributed by atoms with Crippen molar-refractivity contribution in [2.24, 2.45) is 0 Å². The molecule has 0 atom stereocenters. The lowest BCUT2D eigenvalue weighted by Crippen LogP contribution is -2.13. The fourth-order valence-corrected chi connectivity index (χ4v) is 1.58. The maximum atomic E-state index is 13.0. The number of esters is 1. The fourth-order valence-electron chi connectivity index (χ4n) is 1.58. The van der Waals surface area contributed by atoms with E-state index in [1.165, 1.54) is 13.0 Å². The lowest BCUT2D eigenvalue weighted by Gasteiger charge is -2.09. The zero-order valence-corrected chi connectivity index (χ0v) is 10.3. The van der Waals surface area contributed by atoms with Crippen LogP contribution in [0.25, 0.3) is 0 Å². The summed E-state index contributed by atoms with van der Waals surface area (Å²) in [6, 6.07) is 1.47. The van der Waals surface area contributed by atoms with Crippen LogP contribution in [0.5, 0.6) is 0 Å². The third-order valence-electron chi connectivity index (χ3n) is 2.34. The Morgan fingerprint density at radius 3 is 2.75 bits per heavy atom. The second-order valence-electron chi connectivity index (χ2n) is 3.54. The molecule has 0 saturated carbocycles. The van der Waals surface area contributed by atoms with Crippen LogP contribution in [0.4, 0.5) is 14.6 Å². The van der Waals surface area contributed by atoms with Gasteiger partial charge in [-0.15, -0.1) is 0 Å². The highest BCUT2D eigenvalue weighted by molar-refractivity contribution is 5.75. The van der Waals surface area contributed by atoms with Crippen molar-refractivity contribution in [3.8, 4) is 6.07 Å². The summed E-state index contributed by atoms with van der Waals surface area (Å²) >= 11 is 0. The van der Waals surface area contributed by atoms with Gasteiger partial charge < -0.3 is 14.9 Å². The Kier molecular flexibility index (Phi) is 5.02. The summed E-state index contributed by atoms with van der Waals surface area (Å²) in [5.41, 5.74) is -1.96. The van der Waals surface area contributed by atoms with E-state index in [2.05, 4.69) is 9.72 Å². The number of hydrogen-bond donors (Lipinski definition) is 0. The van der Waals surface area contributed by atoms with Gasteiger partial charge in [-0.2, -0.15) is 5.26 Å². The van der Waals surface area contributed by atoms with Gasteiger partial charge in [-0.3, -0.25) is 4.79 Å². The number of pyridine rings is 1. The molecule has 0 aliphatic carbocycles. The maximum absolute atomic E-state index is 13.0. The Hall–Kier alpha value is -2.63. The molecule has 0 aliphatic rings. The molecular weight excluding hydrogens is 276 g/mol. The van der Waals surface area contributed by atoms with Gasteiger partial charge in [-0.05, 0) is 16.8 Å². The Morgan fingerprint density at radius 1 is 1.65 bits per heavy atom. The third kappa shape index (κ3) is 3.23. The van der Waals surface area contributed by atoms with Gasteiger partial charge in [0.1, 0.15) is 11.6 Å². The summed E-state index contributed by atoms with van der Waals surface area (Å²) in [5.74, 6) is -1.79. The van der Waals surface area contributed by atoms with Crippen LogP contribution in [0.1, 0.15) is 30.0 Å². The van der Waals surface area contributed by atoms with Crippen molar-refractivity contribution in [2.75, 3.05) is 6.61 Å². The highest BCUT2D eigenvalue weighted by Gasteiger charge is 2.30. The molecule has 0 spiro atoms. The van der Waals surface area contributed by atoms with Gasteiger partial charge in [0.05, 0.1) is 24.2 Å². The summed E-state index contributed by atoms with van der Waals surface area (Å²) in [4.78, 5) is 24.5. The Balaban J connectivity index is 3.45. The van der Waals surface area contributed by atoms with Crippen LogP contribution < -0.4 is 0 Å². The molecule has 0 amide bonds. The van der Waals surface area contributed by atoms with Gasteiger partial charge in [-0.1, -0.05) is 0 Å². The minimum absolute atomic E-state index is 0.00200. The smallest absolute Gasteiger partial charge is 0.367 e. The van der Waals surface area contributed by atoms with Crippen molar-refractivity contribution in [3.05, 3.63) is 33.0 Å². The third-order valence-corrected chi connectivity index (χ3v) is 2.34. The molecule has 0 aromatic carbocycles. The molecule has 1 aromatic heterocycles. The largest absolute Gasteiger partial charge is 0.466 e. The van der Waals surface area contributed by atoms with E-state index in [9.17, 15) is 23.7 Å². The number of halogens is 2. The van der Waals surface area contributed by atoms with Gasteiger partial charge in [0.25, 0.3) is 6.43 Å². The predicted octanol–water partition coefficient (Wildman–Crippen LogP) is 1.90. The first kappa shape index (κ1) is 15.4. The van der Waals surface area contributed by atoms with Crippen LogP contribution in [0, 0.1) is 21.4 Å². The highest BCUT2D eigenvalue weighted by Crippen LogP contribution is 2.31. The van der Waals surface area contributed by atoms with Crippen molar-refractivity contribution < 1.29 is 23.2 Å². The molecule has 9 heteroatoms. The van der Waals surface area contributed by atoms with Gasteiger partial charge >= 0.3 is 11.8 Å². The van der Waals surface area contributed by atoms with Gasteiger partial charge in [0.15, 0.2) is 6.20 Å². The van der Waals surface area contributed by atoms with Crippen LogP contribution in [0.15, 0.2) is 6.20 Å². The molecule has 1 heterocycles. The molecule has 0 unspecified atom stereocenters. The first-order valence-corrected chi connectivity index (χ1v) is 5.42. The zero-order valence-electron chi connectivity index (χ0n) is 10.3. The number of nitro groups is 1. The van der Waals surface area contributed by atoms with E-state index in [4.69, 9.17) is 5.26 Å². The first-order valence-electron chi connectivity index (χ1n) is 5.42. The van der Waals surface area contributed by atoms with Crippen molar-refractivity contribution in [2.45, 2.75) is 19.8 Å². The van der Waals surface area contributed by atoms with E-state index in [1.54, 1.807) is 0 Å². The molecule has 0 bridgehead atoms. The molecule has 20 heavy (non-hydrogen) atoms. The summed E-state index contributed by atoms with van der Waals surface area (Å²) in [7, 11) is 0. The van der Waals surface area contributed by atoms with Gasteiger partial charge in [0.2, 0.25) is 0 Å². The van der Waals surface area contributed by atoms with Crippen LogP contribution >= 0.6 is 0 Å². The van der Waals surface area contributed by atoms with E-state index in [0.717, 1.165) is 0 Å². The summed E-state index contributed by atoms with van der Waals surface area (Å²) in [6.45, 7) is 1.51. The fraction of sp³-hybridized carbons (Fsp3) is 0.364. The molecule has 0 saturated heterocycles. The topological polar surface area (TPSA) is 106 Å². The molecule has 1 aromatic rings. The van der Waals surface area contributed by atoms with Crippen molar-refractivity contribution in [1.29, 1.82) is 5.26 Å². The number of aromatic nitrogens is 1. The van der Waals surface area contributed by atoms with E-state index < -0.39 is 46.2 Å². The number of alkyl halides is 2.